The number of imide groups is 1. The maximum atomic E-state index is 10.6. The summed E-state index contributed by atoms with van der Waals surface area (Å²) in [7, 11) is 0. The molecule has 0 spiro atoms. The summed E-state index contributed by atoms with van der Waals surface area (Å²) in [4.78, 5) is 31.0. The number of hydrogen-bond acceptors (Lipinski definition) is 4. The largest absolute Gasteiger partial charge is 0.294 e. The molecule has 53 valence electrons. The van der Waals surface area contributed by atoms with Crippen LogP contribution >= 0.6 is 11.8 Å². The average Bonchev–Trinajstić information content (AvgIpc) is 1.88. The fourth-order valence-electron chi connectivity index (χ4n) is 0.561. The molecule has 1 aliphatic rings. The lowest BCUT2D eigenvalue weighted by Crippen LogP contribution is -2.44. The zero-order valence-electron chi connectivity index (χ0n) is 4.92. The third-order valence-corrected chi connectivity index (χ3v) is 2.06. The molecule has 0 unspecified atom stereocenters. The van der Waals surface area contributed by atoms with Gasteiger partial charge in [-0.1, -0.05) is 0 Å². The molecule has 1 saturated heterocycles. The van der Waals surface area contributed by atoms with E-state index in [-0.39, 0.29) is 11.7 Å². The van der Waals surface area contributed by atoms with Gasteiger partial charge in [0, 0.05) is 0 Å². The van der Waals surface area contributed by atoms with Gasteiger partial charge in [0.2, 0.25) is 18.1 Å². The highest BCUT2D eigenvalue weighted by Crippen LogP contribution is 2.12. The standard InChI is InChI=1S/C5H4NO3S/c7-1-3-5(9)6-4(8)2-10-3/h3H,2H2,(H,6,8,9)/t3-/m0/s1. The summed E-state index contributed by atoms with van der Waals surface area (Å²) in [6.45, 7) is 0. The normalized spacial score (nSPS) is 25.8. The molecule has 1 atom stereocenters. The van der Waals surface area contributed by atoms with E-state index in [9.17, 15) is 14.4 Å². The van der Waals surface area contributed by atoms with Gasteiger partial charge in [-0.2, -0.15) is 0 Å². The van der Waals surface area contributed by atoms with E-state index in [1.54, 1.807) is 0 Å². The molecule has 1 heterocycles. The van der Waals surface area contributed by atoms with E-state index in [0.717, 1.165) is 11.8 Å². The van der Waals surface area contributed by atoms with Crippen LogP contribution in [0.2, 0.25) is 0 Å². The Labute approximate surface area is 61.4 Å². The molecule has 0 aromatic rings. The molecule has 1 radical (unpaired) electrons. The first kappa shape index (κ1) is 7.27. The minimum atomic E-state index is -0.822. The average molecular weight is 158 g/mol. The van der Waals surface area contributed by atoms with E-state index in [4.69, 9.17) is 0 Å². The Hall–Kier alpha value is -0.840. The summed E-state index contributed by atoms with van der Waals surface area (Å²) in [6, 6.07) is 0. The highest BCUT2D eigenvalue weighted by atomic mass is 32.2. The second-order valence-corrected chi connectivity index (χ2v) is 2.81. The second-order valence-electron chi connectivity index (χ2n) is 1.72. The molecule has 0 bridgehead atoms. The van der Waals surface area contributed by atoms with Crippen molar-refractivity contribution in [2.24, 2.45) is 0 Å². The molecule has 0 aliphatic carbocycles. The van der Waals surface area contributed by atoms with Crippen molar-refractivity contribution in [3.05, 3.63) is 0 Å². The maximum Gasteiger partial charge on any atom is 0.247 e. The van der Waals surface area contributed by atoms with Gasteiger partial charge < -0.3 is 0 Å². The summed E-state index contributed by atoms with van der Waals surface area (Å²) < 4.78 is 0. The molecule has 0 aromatic heterocycles. The smallest absolute Gasteiger partial charge is 0.247 e. The lowest BCUT2D eigenvalue weighted by Gasteiger charge is -2.13. The minimum Gasteiger partial charge on any atom is -0.294 e. The maximum absolute atomic E-state index is 10.6. The van der Waals surface area contributed by atoms with Gasteiger partial charge in [0.25, 0.3) is 0 Å². The first-order valence-corrected chi connectivity index (χ1v) is 3.62. The third-order valence-electron chi connectivity index (χ3n) is 0.989. The Balaban J connectivity index is 2.59. The minimum absolute atomic E-state index is 0.158. The summed E-state index contributed by atoms with van der Waals surface area (Å²) >= 11 is 0.994. The highest BCUT2D eigenvalue weighted by Gasteiger charge is 2.26. The van der Waals surface area contributed by atoms with Gasteiger partial charge in [0.05, 0.1) is 5.75 Å². The van der Waals surface area contributed by atoms with Crippen molar-refractivity contribution >= 4 is 29.9 Å². The number of carbonyl (C=O) groups is 2. The highest BCUT2D eigenvalue weighted by molar-refractivity contribution is 8.02. The predicted molar refractivity (Wildman–Crippen MR) is 35.1 cm³/mol. The van der Waals surface area contributed by atoms with Crippen LogP contribution < -0.4 is 5.32 Å². The topological polar surface area (TPSA) is 63.2 Å². The molecule has 4 nitrogen and oxygen atoms in total. The molecule has 1 aliphatic heterocycles. The van der Waals surface area contributed by atoms with Crippen molar-refractivity contribution in [2.45, 2.75) is 5.25 Å². The van der Waals surface area contributed by atoms with Crippen LogP contribution in [-0.2, 0) is 14.4 Å². The number of amides is 2. The summed E-state index contributed by atoms with van der Waals surface area (Å²) in [6.07, 6.45) is 1.52. The van der Waals surface area contributed by atoms with E-state index in [2.05, 4.69) is 0 Å². The van der Waals surface area contributed by atoms with E-state index in [1.807, 2.05) is 5.32 Å². The van der Waals surface area contributed by atoms with Gasteiger partial charge >= 0.3 is 0 Å². The Morgan fingerprint density at radius 1 is 1.60 bits per heavy atom. The quantitative estimate of drug-likeness (QED) is 0.387. The Bertz CT molecular complexity index is 191. The van der Waals surface area contributed by atoms with Gasteiger partial charge in [-0.15, -0.1) is 11.8 Å². The molecule has 10 heavy (non-hydrogen) atoms. The lowest BCUT2D eigenvalue weighted by molar-refractivity contribution is -0.128. The number of carbonyl (C=O) groups excluding carboxylic acids is 3. The first-order chi connectivity index (χ1) is 4.74. The van der Waals surface area contributed by atoms with Crippen LogP contribution in [0.3, 0.4) is 0 Å². The number of hydrogen-bond donors (Lipinski definition) is 1. The van der Waals surface area contributed by atoms with E-state index in [0.29, 0.717) is 0 Å². The Morgan fingerprint density at radius 2 is 2.30 bits per heavy atom. The van der Waals surface area contributed by atoms with Gasteiger partial charge in [-0.05, 0) is 0 Å². The first-order valence-electron chi connectivity index (χ1n) is 2.57. The molecule has 0 saturated carbocycles. The summed E-state index contributed by atoms with van der Waals surface area (Å²) in [5.41, 5.74) is 0. The van der Waals surface area contributed by atoms with Crippen LogP contribution in [0.4, 0.5) is 0 Å². The fraction of sp³-hybridized carbons (Fsp3) is 0.400. The molecule has 1 fully saturated rings. The Kier molecular flexibility index (Phi) is 2.06. The number of nitrogens with one attached hydrogen (secondary N) is 1. The monoisotopic (exact) mass is 158 g/mol. The van der Waals surface area contributed by atoms with Crippen LogP contribution in [0.15, 0.2) is 0 Å². The van der Waals surface area contributed by atoms with Gasteiger partial charge in [0.1, 0.15) is 0 Å². The van der Waals surface area contributed by atoms with Crippen LogP contribution in [0, 0.1) is 0 Å². The SMILES string of the molecule is O=[C][C@@H]1SCC(=O)NC1=O. The molecule has 5 heteroatoms. The molecular formula is C5H4NO3S. The summed E-state index contributed by atoms with van der Waals surface area (Å²) in [5.74, 6) is -0.746. The summed E-state index contributed by atoms with van der Waals surface area (Å²) in [5, 5.41) is 1.20. The zero-order chi connectivity index (χ0) is 7.56. The van der Waals surface area contributed by atoms with Gasteiger partial charge in [0.15, 0.2) is 5.25 Å². The predicted octanol–water partition coefficient (Wildman–Crippen LogP) is -1.15. The van der Waals surface area contributed by atoms with Crippen molar-refractivity contribution in [1.82, 2.24) is 5.32 Å². The lowest BCUT2D eigenvalue weighted by atomic mass is 10.4. The van der Waals surface area contributed by atoms with Crippen LogP contribution in [-0.4, -0.2) is 29.1 Å². The molecule has 1 N–H and O–H groups in total. The van der Waals surface area contributed by atoms with Crippen molar-refractivity contribution < 1.29 is 14.4 Å². The molecule has 2 amide bonds. The van der Waals surface area contributed by atoms with Crippen molar-refractivity contribution in [3.63, 3.8) is 0 Å². The van der Waals surface area contributed by atoms with Crippen molar-refractivity contribution in [1.29, 1.82) is 0 Å². The van der Waals surface area contributed by atoms with Crippen LogP contribution in [0.5, 0.6) is 0 Å². The second kappa shape index (κ2) is 2.83. The van der Waals surface area contributed by atoms with Crippen LogP contribution in [0.25, 0.3) is 0 Å². The van der Waals surface area contributed by atoms with E-state index < -0.39 is 11.2 Å². The number of thioether (sulfide) groups is 1. The van der Waals surface area contributed by atoms with Gasteiger partial charge in [-0.25, -0.2) is 0 Å². The third kappa shape index (κ3) is 1.36. The Morgan fingerprint density at radius 3 is 2.80 bits per heavy atom. The zero-order valence-corrected chi connectivity index (χ0v) is 5.73. The van der Waals surface area contributed by atoms with E-state index >= 15 is 0 Å². The van der Waals surface area contributed by atoms with Crippen molar-refractivity contribution in [3.8, 4) is 0 Å². The van der Waals surface area contributed by atoms with E-state index in [1.165, 1.54) is 6.29 Å². The van der Waals surface area contributed by atoms with Crippen molar-refractivity contribution in [2.75, 3.05) is 5.75 Å². The van der Waals surface area contributed by atoms with Crippen LogP contribution in [0.1, 0.15) is 0 Å². The fourth-order valence-corrected chi connectivity index (χ4v) is 1.23. The van der Waals surface area contributed by atoms with Gasteiger partial charge in [-0.3, -0.25) is 19.7 Å². The molecule has 1 rings (SSSR count). The number of rotatable bonds is 1. The molecule has 0 aromatic carbocycles. The molecular weight excluding hydrogens is 154 g/mol.